The number of rotatable bonds is 3. The Morgan fingerprint density at radius 2 is 2.12 bits per heavy atom. The van der Waals surface area contributed by atoms with Gasteiger partial charge in [0, 0.05) is 12.6 Å². The maximum Gasteiger partial charge on any atom is 0.243 e. The zero-order valence-corrected chi connectivity index (χ0v) is 9.43. The molecule has 6 heteroatoms. The van der Waals surface area contributed by atoms with Crippen LogP contribution in [0, 0.1) is 5.82 Å². The second-order valence-corrected chi connectivity index (χ2v) is 5.42. The van der Waals surface area contributed by atoms with E-state index in [2.05, 4.69) is 10.0 Å². The number of sulfonamides is 1. The summed E-state index contributed by atoms with van der Waals surface area (Å²) in [7, 11) is -3.74. The van der Waals surface area contributed by atoms with Crippen molar-refractivity contribution in [2.45, 2.75) is 17.4 Å². The first kappa shape index (κ1) is 11.5. The van der Waals surface area contributed by atoms with Gasteiger partial charge in [-0.15, -0.1) is 0 Å². The third-order valence-electron chi connectivity index (χ3n) is 2.51. The van der Waals surface area contributed by atoms with Gasteiger partial charge < -0.3 is 5.32 Å². The predicted octanol–water partition coefficient (Wildman–Crippen LogP) is 0.466. The summed E-state index contributed by atoms with van der Waals surface area (Å²) in [6.45, 7) is 1.37. The molecule has 0 spiro atoms. The Morgan fingerprint density at radius 3 is 2.75 bits per heavy atom. The third-order valence-corrected chi connectivity index (χ3v) is 4.06. The molecular formula is C10H13FN2O2S. The molecule has 1 fully saturated rings. The molecule has 16 heavy (non-hydrogen) atoms. The topological polar surface area (TPSA) is 58.2 Å². The van der Waals surface area contributed by atoms with E-state index < -0.39 is 15.8 Å². The Morgan fingerprint density at radius 1 is 1.38 bits per heavy atom. The van der Waals surface area contributed by atoms with E-state index in [-0.39, 0.29) is 10.9 Å². The summed E-state index contributed by atoms with van der Waals surface area (Å²) in [6, 6.07) is 5.22. The van der Waals surface area contributed by atoms with E-state index in [4.69, 9.17) is 0 Å². The van der Waals surface area contributed by atoms with Gasteiger partial charge in [-0.1, -0.05) is 12.1 Å². The molecule has 2 rings (SSSR count). The summed E-state index contributed by atoms with van der Waals surface area (Å²) in [5, 5.41) is 3.04. The van der Waals surface area contributed by atoms with Crippen LogP contribution in [-0.4, -0.2) is 27.5 Å². The van der Waals surface area contributed by atoms with Crippen LogP contribution >= 0.6 is 0 Å². The molecule has 0 radical (unpaired) electrons. The number of halogens is 1. The molecule has 0 bridgehead atoms. The minimum atomic E-state index is -3.74. The molecule has 0 unspecified atom stereocenters. The molecule has 1 heterocycles. The van der Waals surface area contributed by atoms with Crippen LogP contribution in [0.25, 0.3) is 0 Å². The van der Waals surface area contributed by atoms with Crippen molar-refractivity contribution in [3.8, 4) is 0 Å². The van der Waals surface area contributed by atoms with Gasteiger partial charge in [-0.3, -0.25) is 0 Å². The SMILES string of the molecule is O=S(=O)(N[C@H]1CCNC1)c1ccccc1F. The van der Waals surface area contributed by atoms with Crippen LogP contribution in [0.2, 0.25) is 0 Å². The smallest absolute Gasteiger partial charge is 0.243 e. The second kappa shape index (κ2) is 4.48. The lowest BCUT2D eigenvalue weighted by Gasteiger charge is -2.12. The van der Waals surface area contributed by atoms with Gasteiger partial charge in [-0.25, -0.2) is 17.5 Å². The highest BCUT2D eigenvalue weighted by molar-refractivity contribution is 7.89. The molecule has 0 aromatic heterocycles. The van der Waals surface area contributed by atoms with Crippen LogP contribution < -0.4 is 10.0 Å². The van der Waals surface area contributed by atoms with Gasteiger partial charge in [-0.05, 0) is 25.1 Å². The quantitative estimate of drug-likeness (QED) is 0.812. The van der Waals surface area contributed by atoms with Crippen LogP contribution in [0.1, 0.15) is 6.42 Å². The van der Waals surface area contributed by atoms with Crippen LogP contribution in [0.3, 0.4) is 0 Å². The highest BCUT2D eigenvalue weighted by Crippen LogP contribution is 2.14. The molecule has 4 nitrogen and oxygen atoms in total. The number of nitrogens with one attached hydrogen (secondary N) is 2. The summed E-state index contributed by atoms with van der Waals surface area (Å²) >= 11 is 0. The van der Waals surface area contributed by atoms with Gasteiger partial charge >= 0.3 is 0 Å². The Balaban J connectivity index is 2.21. The average molecular weight is 244 g/mol. The number of hydrogen-bond acceptors (Lipinski definition) is 3. The molecule has 1 atom stereocenters. The van der Waals surface area contributed by atoms with Crippen molar-refractivity contribution in [3.05, 3.63) is 30.1 Å². The van der Waals surface area contributed by atoms with Crippen molar-refractivity contribution in [3.63, 3.8) is 0 Å². The Labute approximate surface area is 93.9 Å². The van der Waals surface area contributed by atoms with Crippen LogP contribution in [-0.2, 0) is 10.0 Å². The largest absolute Gasteiger partial charge is 0.315 e. The lowest BCUT2D eigenvalue weighted by atomic mass is 10.3. The monoisotopic (exact) mass is 244 g/mol. The van der Waals surface area contributed by atoms with Crippen LogP contribution in [0.15, 0.2) is 29.2 Å². The Bertz CT molecular complexity index is 469. The van der Waals surface area contributed by atoms with Crippen LogP contribution in [0.4, 0.5) is 4.39 Å². The zero-order chi connectivity index (χ0) is 11.6. The van der Waals surface area contributed by atoms with E-state index in [0.717, 1.165) is 19.0 Å². The molecule has 0 amide bonds. The van der Waals surface area contributed by atoms with Crippen molar-refractivity contribution in [1.82, 2.24) is 10.0 Å². The summed E-state index contributed by atoms with van der Waals surface area (Å²) in [5.41, 5.74) is 0. The normalized spacial score (nSPS) is 21.2. The number of hydrogen-bond donors (Lipinski definition) is 2. The molecule has 1 aromatic carbocycles. The Kier molecular flexibility index (Phi) is 3.22. The summed E-state index contributed by atoms with van der Waals surface area (Å²) in [6.07, 6.45) is 0.730. The summed E-state index contributed by atoms with van der Waals surface area (Å²) in [5.74, 6) is -0.721. The van der Waals surface area contributed by atoms with Gasteiger partial charge in [-0.2, -0.15) is 0 Å². The fraction of sp³-hybridized carbons (Fsp3) is 0.400. The van der Waals surface area contributed by atoms with E-state index in [1.54, 1.807) is 0 Å². The van der Waals surface area contributed by atoms with Crippen molar-refractivity contribution in [1.29, 1.82) is 0 Å². The van der Waals surface area contributed by atoms with Gasteiger partial charge in [0.1, 0.15) is 10.7 Å². The van der Waals surface area contributed by atoms with E-state index in [1.807, 2.05) is 0 Å². The maximum absolute atomic E-state index is 13.3. The minimum absolute atomic E-state index is 0.149. The molecule has 1 aromatic rings. The number of benzene rings is 1. The zero-order valence-electron chi connectivity index (χ0n) is 8.61. The second-order valence-electron chi connectivity index (χ2n) is 3.74. The molecule has 0 aliphatic carbocycles. The van der Waals surface area contributed by atoms with Gasteiger partial charge in [0.15, 0.2) is 0 Å². The first-order valence-corrected chi connectivity index (χ1v) is 6.55. The molecule has 1 aliphatic rings. The van der Waals surface area contributed by atoms with E-state index in [9.17, 15) is 12.8 Å². The fourth-order valence-electron chi connectivity index (χ4n) is 1.70. The molecular weight excluding hydrogens is 231 g/mol. The highest BCUT2D eigenvalue weighted by Gasteiger charge is 2.24. The van der Waals surface area contributed by atoms with Gasteiger partial charge in [0.2, 0.25) is 10.0 Å². The lowest BCUT2D eigenvalue weighted by Crippen LogP contribution is -2.36. The maximum atomic E-state index is 13.3. The van der Waals surface area contributed by atoms with Crippen molar-refractivity contribution < 1.29 is 12.8 Å². The van der Waals surface area contributed by atoms with Crippen molar-refractivity contribution in [2.24, 2.45) is 0 Å². The first-order chi connectivity index (χ1) is 7.59. The summed E-state index contributed by atoms with van der Waals surface area (Å²) < 4.78 is 39.5. The minimum Gasteiger partial charge on any atom is -0.315 e. The standard InChI is InChI=1S/C10H13FN2O2S/c11-9-3-1-2-4-10(9)16(14,15)13-8-5-6-12-7-8/h1-4,8,12-13H,5-7H2/t8-/m0/s1. The molecule has 1 saturated heterocycles. The predicted molar refractivity (Wildman–Crippen MR) is 58.0 cm³/mol. The molecule has 2 N–H and O–H groups in total. The molecule has 1 aliphatic heterocycles. The van der Waals surface area contributed by atoms with Gasteiger partial charge in [0.25, 0.3) is 0 Å². The van der Waals surface area contributed by atoms with Gasteiger partial charge in [0.05, 0.1) is 0 Å². The van der Waals surface area contributed by atoms with Crippen LogP contribution in [0.5, 0.6) is 0 Å². The molecule has 88 valence electrons. The van der Waals surface area contributed by atoms with E-state index >= 15 is 0 Å². The lowest BCUT2D eigenvalue weighted by molar-refractivity contribution is 0.542. The van der Waals surface area contributed by atoms with E-state index in [1.165, 1.54) is 18.2 Å². The van der Waals surface area contributed by atoms with Crippen molar-refractivity contribution in [2.75, 3.05) is 13.1 Å². The Hall–Kier alpha value is -0.980. The van der Waals surface area contributed by atoms with Crippen molar-refractivity contribution >= 4 is 10.0 Å². The fourth-order valence-corrected chi connectivity index (χ4v) is 3.05. The third kappa shape index (κ3) is 2.40. The average Bonchev–Trinajstić information content (AvgIpc) is 2.70. The highest BCUT2D eigenvalue weighted by atomic mass is 32.2. The summed E-state index contributed by atoms with van der Waals surface area (Å²) in [4.78, 5) is -0.290. The van der Waals surface area contributed by atoms with E-state index in [0.29, 0.717) is 6.54 Å². The molecule has 0 saturated carbocycles. The first-order valence-electron chi connectivity index (χ1n) is 5.07.